The maximum absolute atomic E-state index is 13.1. The summed E-state index contributed by atoms with van der Waals surface area (Å²) in [5.74, 6) is -2.04. The zero-order valence-electron chi connectivity index (χ0n) is 7.65. The largest absolute Gasteiger partial charge is 0.277 e. The van der Waals surface area contributed by atoms with E-state index in [1.807, 2.05) is 0 Å². The van der Waals surface area contributed by atoms with Crippen molar-refractivity contribution >= 4 is 11.5 Å². The third-order valence-corrected chi connectivity index (χ3v) is 1.91. The van der Waals surface area contributed by atoms with Crippen molar-refractivity contribution in [2.75, 3.05) is 0 Å². The lowest BCUT2D eigenvalue weighted by Gasteiger charge is -2.02. The highest BCUT2D eigenvalue weighted by atomic mass is 19.1. The van der Waals surface area contributed by atoms with E-state index < -0.39 is 22.1 Å². The Labute approximate surface area is 83.9 Å². The first-order chi connectivity index (χ1) is 6.99. The average molecular weight is 208 g/mol. The third-order valence-electron chi connectivity index (χ3n) is 1.91. The Kier molecular flexibility index (Phi) is 2.76. The van der Waals surface area contributed by atoms with Gasteiger partial charge in [0.25, 0.3) is 11.5 Å². The zero-order valence-corrected chi connectivity index (χ0v) is 7.65. The smallest absolute Gasteiger partial charge is 0.273 e. The van der Waals surface area contributed by atoms with Gasteiger partial charge in [-0.05, 0) is 13.0 Å². The molecule has 1 rings (SSSR count). The Morgan fingerprint density at radius 2 is 2.20 bits per heavy atom. The highest BCUT2D eigenvalue weighted by molar-refractivity contribution is 6.09. The highest BCUT2D eigenvalue weighted by Gasteiger charge is 2.22. The highest BCUT2D eigenvalue weighted by Crippen LogP contribution is 2.23. The van der Waals surface area contributed by atoms with E-state index in [0.717, 1.165) is 12.1 Å². The van der Waals surface area contributed by atoms with Gasteiger partial charge in [0.2, 0.25) is 0 Å². The molecule has 0 saturated heterocycles. The van der Waals surface area contributed by atoms with Crippen LogP contribution < -0.4 is 0 Å². The van der Waals surface area contributed by atoms with Crippen molar-refractivity contribution < 1.29 is 14.1 Å². The number of ketones is 1. The molecule has 0 bridgehead atoms. The Hall–Kier alpha value is -2.29. The molecule has 76 valence electrons. The predicted molar refractivity (Wildman–Crippen MR) is 47.7 cm³/mol. The molecule has 0 aliphatic heterocycles. The second kappa shape index (κ2) is 3.84. The van der Waals surface area contributed by atoms with Gasteiger partial charge in [0.15, 0.2) is 0 Å². The number of carbonyl (C=O) groups is 1. The summed E-state index contributed by atoms with van der Waals surface area (Å²) in [6.07, 6.45) is 0. The van der Waals surface area contributed by atoms with Crippen molar-refractivity contribution in [3.05, 3.63) is 39.2 Å². The minimum absolute atomic E-state index is 0.133. The third kappa shape index (κ3) is 1.81. The topological polar surface area (TPSA) is 84.0 Å². The fourth-order valence-corrected chi connectivity index (χ4v) is 1.20. The lowest BCUT2D eigenvalue weighted by Crippen LogP contribution is -2.05. The lowest BCUT2D eigenvalue weighted by molar-refractivity contribution is -0.385. The monoisotopic (exact) mass is 208 g/mol. The molecule has 0 radical (unpaired) electrons. The van der Waals surface area contributed by atoms with E-state index in [4.69, 9.17) is 5.26 Å². The van der Waals surface area contributed by atoms with Crippen LogP contribution >= 0.6 is 0 Å². The molecule has 0 heterocycles. The molecule has 0 amide bonds. The Morgan fingerprint density at radius 1 is 1.60 bits per heavy atom. The number of Topliss-reactive ketones (excluding diaryl/α,β-unsaturated/α-hetero) is 1. The maximum Gasteiger partial charge on any atom is 0.273 e. The minimum Gasteiger partial charge on any atom is -0.277 e. The molecule has 0 fully saturated rings. The van der Waals surface area contributed by atoms with Crippen LogP contribution in [0, 0.1) is 34.2 Å². The van der Waals surface area contributed by atoms with Gasteiger partial charge in [-0.2, -0.15) is 5.26 Å². The van der Waals surface area contributed by atoms with Crippen LogP contribution in [-0.2, 0) is 0 Å². The van der Waals surface area contributed by atoms with E-state index in [9.17, 15) is 19.3 Å². The van der Waals surface area contributed by atoms with Crippen LogP contribution in [0.5, 0.6) is 0 Å². The first-order valence-corrected chi connectivity index (χ1v) is 3.87. The van der Waals surface area contributed by atoms with E-state index in [-0.39, 0.29) is 11.3 Å². The van der Waals surface area contributed by atoms with E-state index in [0.29, 0.717) is 0 Å². The number of hydrogen-bond donors (Lipinski definition) is 0. The van der Waals surface area contributed by atoms with Gasteiger partial charge in [-0.25, -0.2) is 4.39 Å². The van der Waals surface area contributed by atoms with Gasteiger partial charge in [0.1, 0.15) is 11.9 Å². The summed E-state index contributed by atoms with van der Waals surface area (Å²) in [6.45, 7) is 1.23. The second-order valence-corrected chi connectivity index (χ2v) is 2.76. The summed E-state index contributed by atoms with van der Waals surface area (Å²) in [6, 6.07) is 2.99. The van der Waals surface area contributed by atoms with E-state index in [1.165, 1.54) is 13.0 Å². The van der Waals surface area contributed by atoms with E-state index >= 15 is 0 Å². The predicted octanol–water partition coefficient (Wildman–Crippen LogP) is 1.75. The summed E-state index contributed by atoms with van der Waals surface area (Å²) in [7, 11) is 0. The van der Waals surface area contributed by atoms with Crippen molar-refractivity contribution in [2.45, 2.75) is 6.92 Å². The fourth-order valence-electron chi connectivity index (χ4n) is 1.20. The summed E-state index contributed by atoms with van der Waals surface area (Å²) in [4.78, 5) is 20.8. The van der Waals surface area contributed by atoms with E-state index in [1.54, 1.807) is 0 Å². The molecule has 1 aromatic rings. The number of nitrogens with zero attached hydrogens (tertiary/aromatic N) is 2. The van der Waals surface area contributed by atoms with Gasteiger partial charge < -0.3 is 0 Å². The maximum atomic E-state index is 13.1. The Balaban J connectivity index is 3.52. The van der Waals surface area contributed by atoms with E-state index in [2.05, 4.69) is 0 Å². The molecule has 6 heteroatoms. The molecule has 5 nitrogen and oxygen atoms in total. The Morgan fingerprint density at radius 3 is 2.67 bits per heavy atom. The summed E-state index contributed by atoms with van der Waals surface area (Å²) < 4.78 is 13.1. The van der Waals surface area contributed by atoms with Crippen LogP contribution in [0.1, 0.15) is 15.9 Å². The van der Waals surface area contributed by atoms with Gasteiger partial charge in [0.05, 0.1) is 10.5 Å². The minimum atomic E-state index is -1.12. The molecule has 0 unspecified atom stereocenters. The Bertz CT molecular complexity index is 491. The number of hydrogen-bond acceptors (Lipinski definition) is 4. The van der Waals surface area contributed by atoms with Crippen LogP contribution in [0.2, 0.25) is 0 Å². The average Bonchev–Trinajstić information content (AvgIpc) is 2.16. The molecule has 0 atom stereocenters. The van der Waals surface area contributed by atoms with Gasteiger partial charge in [-0.15, -0.1) is 0 Å². The summed E-state index contributed by atoms with van der Waals surface area (Å²) in [5, 5.41) is 18.8. The molecular weight excluding hydrogens is 203 g/mol. The standard InChI is InChI=1S/C9H5FN2O3/c1-5-7(12(14)15)3-2-6(10)9(5)8(13)4-11/h2-3H,1H3. The SMILES string of the molecule is Cc1c([N+](=O)[O-])ccc(F)c1C(=O)C#N. The zero-order chi connectivity index (χ0) is 11.6. The number of benzene rings is 1. The van der Waals surface area contributed by atoms with Gasteiger partial charge >= 0.3 is 0 Å². The molecule has 15 heavy (non-hydrogen) atoms. The molecule has 0 aliphatic carbocycles. The second-order valence-electron chi connectivity index (χ2n) is 2.76. The van der Waals surface area contributed by atoms with Crippen molar-refractivity contribution in [2.24, 2.45) is 0 Å². The molecule has 0 aliphatic rings. The van der Waals surface area contributed by atoms with Crippen molar-refractivity contribution in [1.82, 2.24) is 0 Å². The lowest BCUT2D eigenvalue weighted by atomic mass is 10.0. The first kappa shape index (κ1) is 10.8. The van der Waals surface area contributed by atoms with Crippen LogP contribution in [0.25, 0.3) is 0 Å². The van der Waals surface area contributed by atoms with Gasteiger partial charge in [-0.3, -0.25) is 14.9 Å². The van der Waals surface area contributed by atoms with Gasteiger partial charge in [0, 0.05) is 11.6 Å². The molecule has 0 spiro atoms. The number of nitro benzene ring substituents is 1. The first-order valence-electron chi connectivity index (χ1n) is 3.87. The summed E-state index contributed by atoms with van der Waals surface area (Å²) >= 11 is 0. The van der Waals surface area contributed by atoms with Crippen LogP contribution in [0.15, 0.2) is 12.1 Å². The summed E-state index contributed by atoms with van der Waals surface area (Å²) in [5.41, 5.74) is -1.05. The quantitative estimate of drug-likeness (QED) is 0.320. The number of rotatable bonds is 2. The fraction of sp³-hybridized carbons (Fsp3) is 0.111. The molecular formula is C9H5FN2O3. The van der Waals surface area contributed by atoms with Crippen molar-refractivity contribution in [3.8, 4) is 6.07 Å². The number of nitro groups is 1. The number of nitriles is 1. The van der Waals surface area contributed by atoms with Crippen molar-refractivity contribution in [3.63, 3.8) is 0 Å². The number of halogens is 1. The molecule has 0 saturated carbocycles. The van der Waals surface area contributed by atoms with Crippen LogP contribution in [-0.4, -0.2) is 10.7 Å². The number of carbonyl (C=O) groups excluding carboxylic acids is 1. The molecule has 0 N–H and O–H groups in total. The normalized spacial score (nSPS) is 9.40. The molecule has 0 aromatic heterocycles. The van der Waals surface area contributed by atoms with Crippen LogP contribution in [0.4, 0.5) is 10.1 Å². The van der Waals surface area contributed by atoms with Crippen LogP contribution in [0.3, 0.4) is 0 Å². The van der Waals surface area contributed by atoms with Gasteiger partial charge in [-0.1, -0.05) is 0 Å². The molecule has 1 aromatic carbocycles. The van der Waals surface area contributed by atoms with Crippen molar-refractivity contribution in [1.29, 1.82) is 5.26 Å².